The lowest BCUT2D eigenvalue weighted by molar-refractivity contribution is 0.0954. The van der Waals surface area contributed by atoms with Crippen LogP contribution >= 0.6 is 0 Å². The summed E-state index contributed by atoms with van der Waals surface area (Å²) < 4.78 is 16.3. The largest absolute Gasteiger partial charge is 0.507 e. The van der Waals surface area contributed by atoms with Crippen LogP contribution in [-0.4, -0.2) is 30.6 Å². The molecule has 0 unspecified atom stereocenters. The molecule has 0 fully saturated rings. The number of hydrogen-bond acceptors (Lipinski definition) is 6. The number of hydrogen-bond donors (Lipinski definition) is 2. The van der Waals surface area contributed by atoms with Gasteiger partial charge in [-0.25, -0.2) is 5.43 Å². The third kappa shape index (κ3) is 4.92. The number of amides is 1. The van der Waals surface area contributed by atoms with Crippen LogP contribution in [0.3, 0.4) is 0 Å². The average molecular weight is 447 g/mol. The van der Waals surface area contributed by atoms with Crippen molar-refractivity contribution in [1.29, 1.82) is 0 Å². The van der Waals surface area contributed by atoms with Crippen molar-refractivity contribution in [2.45, 2.75) is 26.2 Å². The lowest BCUT2D eigenvalue weighted by atomic mass is 9.94. The van der Waals surface area contributed by atoms with Gasteiger partial charge in [0.2, 0.25) is 6.79 Å². The van der Waals surface area contributed by atoms with E-state index in [1.807, 2.05) is 44.2 Å². The van der Waals surface area contributed by atoms with Crippen molar-refractivity contribution in [1.82, 2.24) is 5.43 Å². The number of nitrogens with zero attached hydrogens (tertiary/aromatic N) is 1. The van der Waals surface area contributed by atoms with E-state index in [1.54, 1.807) is 37.4 Å². The van der Waals surface area contributed by atoms with Crippen molar-refractivity contribution < 1.29 is 24.1 Å². The van der Waals surface area contributed by atoms with Crippen LogP contribution in [-0.2, 0) is 6.42 Å². The first-order chi connectivity index (χ1) is 16.0. The van der Waals surface area contributed by atoms with Crippen molar-refractivity contribution in [2.75, 3.05) is 13.9 Å². The molecule has 0 saturated heterocycles. The van der Waals surface area contributed by atoms with Gasteiger partial charge in [0.05, 0.1) is 12.8 Å². The fraction of sp³-hybridized carbons (Fsp3) is 0.231. The number of benzene rings is 3. The van der Waals surface area contributed by atoms with Gasteiger partial charge in [0.25, 0.3) is 5.91 Å². The Bertz CT molecular complexity index is 1190. The zero-order valence-corrected chi connectivity index (χ0v) is 18.8. The molecule has 1 heterocycles. The number of phenolic OH excluding ortho intramolecular Hbond substituents is 1. The smallest absolute Gasteiger partial charge is 0.271 e. The van der Waals surface area contributed by atoms with Gasteiger partial charge in [0.1, 0.15) is 11.5 Å². The molecule has 0 bridgehead atoms. The van der Waals surface area contributed by atoms with Crippen LogP contribution in [0, 0.1) is 0 Å². The number of carbonyl (C=O) groups excluding carboxylic acids is 1. The minimum absolute atomic E-state index is 0.0182. The van der Waals surface area contributed by atoms with Crippen molar-refractivity contribution in [3.63, 3.8) is 0 Å². The highest BCUT2D eigenvalue weighted by Crippen LogP contribution is 2.35. The zero-order chi connectivity index (χ0) is 23.4. The summed E-state index contributed by atoms with van der Waals surface area (Å²) in [5.74, 6) is 1.78. The Hall–Kier alpha value is -4.00. The SMILES string of the molecule is COc1cc(O)c(C(Cc2ccc3c(c2)OCO3)=NNC(=O)c2ccccc2)cc1C(C)C. The molecule has 3 aromatic rings. The second kappa shape index (κ2) is 9.65. The lowest BCUT2D eigenvalue weighted by Crippen LogP contribution is -2.21. The Balaban J connectivity index is 1.72. The predicted octanol–water partition coefficient (Wildman–Crippen LogP) is 4.63. The quantitative estimate of drug-likeness (QED) is 0.408. The van der Waals surface area contributed by atoms with Crippen LogP contribution < -0.4 is 19.6 Å². The number of hydrazone groups is 1. The van der Waals surface area contributed by atoms with E-state index >= 15 is 0 Å². The van der Waals surface area contributed by atoms with Gasteiger partial charge in [-0.15, -0.1) is 0 Å². The van der Waals surface area contributed by atoms with Gasteiger partial charge in [-0.1, -0.05) is 38.1 Å². The minimum Gasteiger partial charge on any atom is -0.507 e. The Morgan fingerprint density at radius 2 is 1.85 bits per heavy atom. The van der Waals surface area contributed by atoms with E-state index in [0.717, 1.165) is 11.1 Å². The van der Waals surface area contributed by atoms with Gasteiger partial charge >= 0.3 is 0 Å². The van der Waals surface area contributed by atoms with Crippen LogP contribution in [0.2, 0.25) is 0 Å². The molecule has 7 heteroatoms. The molecule has 1 aliphatic rings. The van der Waals surface area contributed by atoms with Crippen molar-refractivity contribution >= 4 is 11.6 Å². The normalized spacial score (nSPS) is 12.7. The summed E-state index contributed by atoms with van der Waals surface area (Å²) >= 11 is 0. The molecule has 0 radical (unpaired) electrons. The van der Waals surface area contributed by atoms with E-state index < -0.39 is 0 Å². The molecule has 170 valence electrons. The molecule has 0 aliphatic carbocycles. The van der Waals surface area contributed by atoms with Crippen LogP contribution in [0.1, 0.15) is 46.8 Å². The summed E-state index contributed by atoms with van der Waals surface area (Å²) in [6.45, 7) is 4.28. The summed E-state index contributed by atoms with van der Waals surface area (Å²) in [5, 5.41) is 15.2. The average Bonchev–Trinajstić information content (AvgIpc) is 3.29. The van der Waals surface area contributed by atoms with E-state index in [2.05, 4.69) is 10.5 Å². The molecular weight excluding hydrogens is 420 g/mol. The maximum absolute atomic E-state index is 12.6. The first-order valence-corrected chi connectivity index (χ1v) is 10.7. The maximum Gasteiger partial charge on any atom is 0.271 e. The lowest BCUT2D eigenvalue weighted by Gasteiger charge is -2.17. The molecular formula is C26H26N2O5. The Labute approximate surface area is 192 Å². The predicted molar refractivity (Wildman–Crippen MR) is 125 cm³/mol. The number of nitrogens with one attached hydrogen (secondary N) is 1. The fourth-order valence-electron chi connectivity index (χ4n) is 3.66. The van der Waals surface area contributed by atoms with Gasteiger partial charge in [-0.3, -0.25) is 4.79 Å². The number of carbonyl (C=O) groups is 1. The maximum atomic E-state index is 12.6. The molecule has 3 aromatic carbocycles. The van der Waals surface area contributed by atoms with E-state index in [9.17, 15) is 9.90 Å². The van der Waals surface area contributed by atoms with Crippen LogP contribution in [0.5, 0.6) is 23.0 Å². The monoisotopic (exact) mass is 446 g/mol. The Morgan fingerprint density at radius 1 is 1.09 bits per heavy atom. The van der Waals surface area contributed by atoms with E-state index in [0.29, 0.717) is 40.5 Å². The summed E-state index contributed by atoms with van der Waals surface area (Å²) in [4.78, 5) is 12.6. The van der Waals surface area contributed by atoms with Crippen molar-refractivity contribution in [3.05, 3.63) is 82.9 Å². The summed E-state index contributed by atoms with van der Waals surface area (Å²) in [7, 11) is 1.57. The molecule has 0 atom stereocenters. The molecule has 4 rings (SSSR count). The van der Waals surface area contributed by atoms with Crippen molar-refractivity contribution in [2.24, 2.45) is 5.10 Å². The number of methoxy groups -OCH3 is 1. The molecule has 1 amide bonds. The third-order valence-corrected chi connectivity index (χ3v) is 5.42. The molecule has 7 nitrogen and oxygen atoms in total. The first kappa shape index (κ1) is 22.2. The molecule has 2 N–H and O–H groups in total. The number of fused-ring (bicyclic) bond motifs is 1. The number of ether oxygens (including phenoxy) is 3. The summed E-state index contributed by atoms with van der Waals surface area (Å²) in [6.07, 6.45) is 0.350. The second-order valence-electron chi connectivity index (χ2n) is 8.00. The first-order valence-electron chi connectivity index (χ1n) is 10.7. The van der Waals surface area contributed by atoms with Gasteiger partial charge < -0.3 is 19.3 Å². The van der Waals surface area contributed by atoms with Gasteiger partial charge in [-0.05, 0) is 47.4 Å². The third-order valence-electron chi connectivity index (χ3n) is 5.42. The minimum atomic E-state index is -0.337. The fourth-order valence-corrected chi connectivity index (χ4v) is 3.66. The molecule has 0 spiro atoms. The zero-order valence-electron chi connectivity index (χ0n) is 18.8. The molecule has 0 aromatic heterocycles. The van der Waals surface area contributed by atoms with E-state index in [1.165, 1.54) is 0 Å². The highest BCUT2D eigenvalue weighted by molar-refractivity contribution is 6.05. The highest BCUT2D eigenvalue weighted by atomic mass is 16.7. The van der Waals surface area contributed by atoms with Crippen LogP contribution in [0.4, 0.5) is 0 Å². The number of aromatic hydroxyl groups is 1. The Morgan fingerprint density at radius 3 is 2.58 bits per heavy atom. The van der Waals surface area contributed by atoms with Crippen LogP contribution in [0.25, 0.3) is 0 Å². The molecule has 33 heavy (non-hydrogen) atoms. The number of rotatable bonds is 7. The Kier molecular flexibility index (Phi) is 6.49. The summed E-state index contributed by atoms with van der Waals surface area (Å²) in [5.41, 5.74) is 5.96. The van der Waals surface area contributed by atoms with Gasteiger partial charge in [-0.2, -0.15) is 5.10 Å². The number of phenols is 1. The van der Waals surface area contributed by atoms with E-state index in [4.69, 9.17) is 14.2 Å². The molecule has 0 saturated carbocycles. The van der Waals surface area contributed by atoms with Gasteiger partial charge in [0, 0.05) is 23.6 Å². The standard InChI is InChI=1S/C26H26N2O5/c1-16(2)19-13-20(22(29)14-24(19)31-3)21(27-28-26(30)18-7-5-4-6-8-18)11-17-9-10-23-25(12-17)33-15-32-23/h4-10,12-14,16,29H,11,15H2,1-3H3,(H,28,30). The van der Waals surface area contributed by atoms with Gasteiger partial charge in [0.15, 0.2) is 11.5 Å². The van der Waals surface area contributed by atoms with Crippen molar-refractivity contribution in [3.8, 4) is 23.0 Å². The highest BCUT2D eigenvalue weighted by Gasteiger charge is 2.19. The van der Waals surface area contributed by atoms with Crippen LogP contribution in [0.15, 0.2) is 65.8 Å². The molecule has 1 aliphatic heterocycles. The summed E-state index contributed by atoms with van der Waals surface area (Å²) in [6, 6.07) is 17.9. The van der Waals surface area contributed by atoms with E-state index in [-0.39, 0.29) is 24.4 Å². The second-order valence-corrected chi connectivity index (χ2v) is 8.00. The topological polar surface area (TPSA) is 89.4 Å².